The van der Waals surface area contributed by atoms with E-state index in [2.05, 4.69) is 5.32 Å². The van der Waals surface area contributed by atoms with Gasteiger partial charge in [0.15, 0.2) is 0 Å². The van der Waals surface area contributed by atoms with Crippen LogP contribution in [0.2, 0.25) is 10.0 Å². The second kappa shape index (κ2) is 8.32. The molecule has 0 bridgehead atoms. The van der Waals surface area contributed by atoms with Crippen molar-refractivity contribution < 1.29 is 9.53 Å². The van der Waals surface area contributed by atoms with E-state index in [4.69, 9.17) is 27.9 Å². The van der Waals surface area contributed by atoms with Crippen molar-refractivity contribution in [3.05, 3.63) is 58.1 Å². The van der Waals surface area contributed by atoms with E-state index in [1.54, 1.807) is 25.3 Å². The van der Waals surface area contributed by atoms with Gasteiger partial charge in [0.2, 0.25) is 5.91 Å². The molecule has 0 unspecified atom stereocenters. The van der Waals surface area contributed by atoms with Gasteiger partial charge in [0.25, 0.3) is 0 Å². The van der Waals surface area contributed by atoms with Crippen LogP contribution >= 0.6 is 35.0 Å². The van der Waals surface area contributed by atoms with Gasteiger partial charge in [-0.15, -0.1) is 11.8 Å². The summed E-state index contributed by atoms with van der Waals surface area (Å²) in [5, 5.41) is 3.60. The normalized spacial score (nSPS) is 10.3. The Hall–Kier alpha value is -1.36. The Morgan fingerprint density at radius 1 is 1.18 bits per heavy atom. The van der Waals surface area contributed by atoms with Crippen molar-refractivity contribution in [3.63, 3.8) is 0 Å². The Bertz CT molecular complexity index is 644. The third kappa shape index (κ3) is 4.83. The molecule has 6 heteroatoms. The summed E-state index contributed by atoms with van der Waals surface area (Å²) >= 11 is 13.5. The average Bonchev–Trinajstić information content (AvgIpc) is 2.51. The van der Waals surface area contributed by atoms with E-state index in [1.165, 1.54) is 11.8 Å². The summed E-state index contributed by atoms with van der Waals surface area (Å²) in [5.41, 5.74) is 1.56. The van der Waals surface area contributed by atoms with Gasteiger partial charge in [-0.05, 0) is 29.8 Å². The minimum absolute atomic E-state index is 0.136. The van der Waals surface area contributed by atoms with Gasteiger partial charge in [-0.3, -0.25) is 4.79 Å². The molecule has 1 N–H and O–H groups in total. The molecule has 0 aliphatic carbocycles. The maximum atomic E-state index is 12.0. The summed E-state index contributed by atoms with van der Waals surface area (Å²) in [6.45, 7) is 0. The first-order valence-electron chi connectivity index (χ1n) is 6.54. The lowest BCUT2D eigenvalue weighted by Crippen LogP contribution is -2.14. The van der Waals surface area contributed by atoms with Crippen molar-refractivity contribution in [1.82, 2.24) is 0 Å². The Labute approximate surface area is 144 Å². The predicted octanol–water partition coefficient (Wildman–Crippen LogP) is 4.87. The topological polar surface area (TPSA) is 38.3 Å². The largest absolute Gasteiger partial charge is 0.497 e. The lowest BCUT2D eigenvalue weighted by atomic mass is 10.2. The van der Waals surface area contributed by atoms with Crippen LogP contribution in [0.3, 0.4) is 0 Å². The smallest absolute Gasteiger partial charge is 0.234 e. The highest BCUT2D eigenvalue weighted by atomic mass is 35.5. The van der Waals surface area contributed by atoms with Gasteiger partial charge in [0.05, 0.1) is 28.6 Å². The molecule has 22 heavy (non-hydrogen) atoms. The molecule has 0 saturated carbocycles. The summed E-state index contributed by atoms with van der Waals surface area (Å²) < 4.78 is 5.17. The van der Waals surface area contributed by atoms with E-state index in [0.29, 0.717) is 21.5 Å². The van der Waals surface area contributed by atoms with Crippen molar-refractivity contribution in [1.29, 1.82) is 0 Å². The van der Waals surface area contributed by atoms with Crippen LogP contribution in [0, 0.1) is 0 Å². The fraction of sp³-hybridized carbons (Fsp3) is 0.188. The van der Waals surface area contributed by atoms with Crippen molar-refractivity contribution >= 4 is 46.6 Å². The second-order valence-electron chi connectivity index (χ2n) is 4.49. The van der Waals surface area contributed by atoms with E-state index in [0.717, 1.165) is 17.1 Å². The van der Waals surface area contributed by atoms with Gasteiger partial charge >= 0.3 is 0 Å². The monoisotopic (exact) mass is 355 g/mol. The summed E-state index contributed by atoms with van der Waals surface area (Å²) in [6.07, 6.45) is 0. The van der Waals surface area contributed by atoms with Crippen LogP contribution in [0.5, 0.6) is 5.75 Å². The van der Waals surface area contributed by atoms with Crippen LogP contribution in [0.15, 0.2) is 42.5 Å². The number of ether oxygens (including phenoxy) is 1. The number of hydrogen-bond acceptors (Lipinski definition) is 3. The molecule has 1 amide bonds. The van der Waals surface area contributed by atoms with Crippen molar-refractivity contribution in [2.75, 3.05) is 18.2 Å². The second-order valence-corrected chi connectivity index (χ2v) is 6.29. The number of carbonyl (C=O) groups is 1. The molecule has 0 aliphatic heterocycles. The molecule has 2 rings (SSSR count). The highest BCUT2D eigenvalue weighted by Gasteiger charge is 2.09. The lowest BCUT2D eigenvalue weighted by Gasteiger charge is -2.09. The Morgan fingerprint density at radius 2 is 1.86 bits per heavy atom. The number of rotatable bonds is 6. The SMILES string of the molecule is COc1cccc(CSCC(=O)Nc2c(Cl)cccc2Cl)c1. The van der Waals surface area contributed by atoms with Crippen LogP contribution in [0.1, 0.15) is 5.56 Å². The van der Waals surface area contributed by atoms with Gasteiger partial charge in [-0.25, -0.2) is 0 Å². The molecule has 2 aromatic rings. The fourth-order valence-corrected chi connectivity index (χ4v) is 3.08. The van der Waals surface area contributed by atoms with E-state index >= 15 is 0 Å². The Morgan fingerprint density at radius 3 is 2.55 bits per heavy atom. The van der Waals surface area contributed by atoms with Gasteiger partial charge < -0.3 is 10.1 Å². The summed E-state index contributed by atoms with van der Waals surface area (Å²) in [6, 6.07) is 12.9. The highest BCUT2D eigenvalue weighted by Crippen LogP contribution is 2.30. The first-order chi connectivity index (χ1) is 10.6. The number of nitrogens with one attached hydrogen (secondary N) is 1. The van der Waals surface area contributed by atoms with Crippen LogP contribution in [-0.4, -0.2) is 18.8 Å². The molecule has 0 saturated heterocycles. The van der Waals surface area contributed by atoms with Crippen molar-refractivity contribution in [2.45, 2.75) is 5.75 Å². The molecule has 2 aromatic carbocycles. The number of para-hydroxylation sites is 1. The third-order valence-electron chi connectivity index (χ3n) is 2.86. The van der Waals surface area contributed by atoms with E-state index in [1.807, 2.05) is 24.3 Å². The third-order valence-corrected chi connectivity index (χ3v) is 4.50. The molecule has 3 nitrogen and oxygen atoms in total. The minimum Gasteiger partial charge on any atom is -0.497 e. The number of halogens is 2. The number of thioether (sulfide) groups is 1. The van der Waals surface area contributed by atoms with Gasteiger partial charge in [0, 0.05) is 5.75 Å². The van der Waals surface area contributed by atoms with Gasteiger partial charge in [-0.2, -0.15) is 0 Å². The predicted molar refractivity (Wildman–Crippen MR) is 94.2 cm³/mol. The van der Waals surface area contributed by atoms with Crippen LogP contribution in [0.25, 0.3) is 0 Å². The lowest BCUT2D eigenvalue weighted by molar-refractivity contribution is -0.113. The van der Waals surface area contributed by atoms with Gasteiger partial charge in [0.1, 0.15) is 5.75 Å². The summed E-state index contributed by atoms with van der Waals surface area (Å²) in [5.74, 6) is 1.72. The van der Waals surface area contributed by atoms with E-state index in [-0.39, 0.29) is 5.91 Å². The van der Waals surface area contributed by atoms with Crippen LogP contribution in [0.4, 0.5) is 5.69 Å². The van der Waals surface area contributed by atoms with E-state index in [9.17, 15) is 4.79 Å². The maximum Gasteiger partial charge on any atom is 0.234 e. The highest BCUT2D eigenvalue weighted by molar-refractivity contribution is 7.99. The quantitative estimate of drug-likeness (QED) is 0.802. The van der Waals surface area contributed by atoms with Crippen LogP contribution < -0.4 is 10.1 Å². The zero-order chi connectivity index (χ0) is 15.9. The number of anilines is 1. The number of carbonyl (C=O) groups excluding carboxylic acids is 1. The zero-order valence-corrected chi connectivity index (χ0v) is 14.3. The molecular weight excluding hydrogens is 341 g/mol. The number of hydrogen-bond donors (Lipinski definition) is 1. The Kier molecular flexibility index (Phi) is 6.43. The van der Waals surface area contributed by atoms with Crippen molar-refractivity contribution in [3.8, 4) is 5.75 Å². The molecule has 0 heterocycles. The van der Waals surface area contributed by atoms with E-state index < -0.39 is 0 Å². The van der Waals surface area contributed by atoms with Crippen LogP contribution in [-0.2, 0) is 10.5 Å². The first kappa shape index (κ1) is 17.0. The van der Waals surface area contributed by atoms with Crippen molar-refractivity contribution in [2.24, 2.45) is 0 Å². The average molecular weight is 356 g/mol. The minimum atomic E-state index is -0.136. The Balaban J connectivity index is 1.85. The molecule has 0 aromatic heterocycles. The fourth-order valence-electron chi connectivity index (χ4n) is 1.82. The number of amides is 1. The zero-order valence-electron chi connectivity index (χ0n) is 11.9. The standard InChI is InChI=1S/C16H15Cl2NO2S/c1-21-12-5-2-4-11(8-12)9-22-10-15(20)19-16-13(17)6-3-7-14(16)18/h2-8H,9-10H2,1H3,(H,19,20). The molecule has 116 valence electrons. The molecule has 0 radical (unpaired) electrons. The molecular formula is C16H15Cl2NO2S. The summed E-state index contributed by atoms with van der Waals surface area (Å²) in [7, 11) is 1.63. The molecule has 0 fully saturated rings. The molecule has 0 atom stereocenters. The number of benzene rings is 2. The molecule has 0 aliphatic rings. The molecule has 0 spiro atoms. The van der Waals surface area contributed by atoms with Gasteiger partial charge in [-0.1, -0.05) is 41.4 Å². The first-order valence-corrected chi connectivity index (χ1v) is 8.45. The summed E-state index contributed by atoms with van der Waals surface area (Å²) in [4.78, 5) is 12.0. The number of methoxy groups -OCH3 is 1. The maximum absolute atomic E-state index is 12.0.